The molecule has 9 heteroatoms. The number of ether oxygens (including phenoxy) is 2. The van der Waals surface area contributed by atoms with Crippen molar-refractivity contribution in [1.29, 1.82) is 0 Å². The molecular weight excluding hydrogens is 390 g/mol. The average molecular weight is 411 g/mol. The number of nitrogens with two attached hydrogens (primary N) is 1. The summed E-state index contributed by atoms with van der Waals surface area (Å²) in [6.45, 7) is -0.0886. The summed E-state index contributed by atoms with van der Waals surface area (Å²) in [5.41, 5.74) is 7.75. The fraction of sp³-hybridized carbons (Fsp3) is 0.300. The predicted octanol–water partition coefficient (Wildman–Crippen LogP) is 3.50. The molecule has 0 bridgehead atoms. The number of carbonyl (C=O) groups is 1. The molecule has 0 amide bonds. The molecule has 1 aliphatic rings. The van der Waals surface area contributed by atoms with Crippen LogP contribution >= 0.6 is 11.3 Å². The summed E-state index contributed by atoms with van der Waals surface area (Å²) < 4.78 is 10.7. The van der Waals surface area contributed by atoms with Gasteiger partial charge in [0.1, 0.15) is 10.6 Å². The number of carbonyl (C=O) groups excluding carboxylic acids is 1. The minimum atomic E-state index is -0.373. The molecule has 0 aliphatic heterocycles. The van der Waals surface area contributed by atoms with Crippen LogP contribution in [-0.4, -0.2) is 28.0 Å². The van der Waals surface area contributed by atoms with Gasteiger partial charge < -0.3 is 20.5 Å². The minimum absolute atomic E-state index is 0.0371. The fourth-order valence-corrected chi connectivity index (χ4v) is 4.37. The van der Waals surface area contributed by atoms with Gasteiger partial charge in [-0.15, -0.1) is 11.3 Å². The van der Waals surface area contributed by atoms with Crippen LogP contribution in [0.15, 0.2) is 30.3 Å². The van der Waals surface area contributed by atoms with E-state index in [1.165, 1.54) is 34.6 Å². The SMILES string of the molecule is COc1ccccc1Nc1nc(N)nc(COC(=O)c2cc3c(s2)CCCC3)n1. The van der Waals surface area contributed by atoms with Crippen LogP contribution in [-0.2, 0) is 24.2 Å². The molecule has 1 aliphatic carbocycles. The topological polar surface area (TPSA) is 112 Å². The Labute approximate surface area is 172 Å². The second kappa shape index (κ2) is 8.44. The van der Waals surface area contributed by atoms with Gasteiger partial charge in [0.05, 0.1) is 12.8 Å². The maximum absolute atomic E-state index is 12.4. The summed E-state index contributed by atoms with van der Waals surface area (Å²) in [6.07, 6.45) is 4.41. The maximum atomic E-state index is 12.4. The van der Waals surface area contributed by atoms with E-state index >= 15 is 0 Å². The molecule has 0 saturated carbocycles. The summed E-state index contributed by atoms with van der Waals surface area (Å²) in [5, 5.41) is 3.05. The Morgan fingerprint density at radius 2 is 2.03 bits per heavy atom. The number of aromatic nitrogens is 3. The van der Waals surface area contributed by atoms with Gasteiger partial charge >= 0.3 is 5.97 Å². The van der Waals surface area contributed by atoms with Gasteiger partial charge in [-0.25, -0.2) is 4.79 Å². The number of aryl methyl sites for hydroxylation is 2. The molecule has 2 heterocycles. The third-order valence-electron chi connectivity index (χ3n) is 4.58. The lowest BCUT2D eigenvalue weighted by Crippen LogP contribution is -2.11. The van der Waals surface area contributed by atoms with Crippen molar-refractivity contribution in [2.75, 3.05) is 18.2 Å². The van der Waals surface area contributed by atoms with Gasteiger partial charge in [-0.05, 0) is 49.4 Å². The Morgan fingerprint density at radius 1 is 1.21 bits per heavy atom. The molecule has 150 valence electrons. The van der Waals surface area contributed by atoms with E-state index in [1.807, 2.05) is 30.3 Å². The number of rotatable bonds is 6. The van der Waals surface area contributed by atoms with Crippen molar-refractivity contribution >= 4 is 34.9 Å². The van der Waals surface area contributed by atoms with Crippen LogP contribution in [0.25, 0.3) is 0 Å². The molecule has 8 nitrogen and oxygen atoms in total. The lowest BCUT2D eigenvalue weighted by Gasteiger charge is -2.10. The molecule has 29 heavy (non-hydrogen) atoms. The zero-order valence-corrected chi connectivity index (χ0v) is 16.8. The summed E-state index contributed by atoms with van der Waals surface area (Å²) >= 11 is 1.51. The average Bonchev–Trinajstić information content (AvgIpc) is 3.16. The standard InChI is InChI=1S/C20H21N5O3S/c1-27-14-8-4-3-7-13(14)22-20-24-17(23-19(21)25-20)11-28-18(26)16-10-12-6-2-5-9-15(12)29-16/h3-4,7-8,10H,2,5-6,9,11H2,1H3,(H3,21,22,23,24,25). The zero-order valence-electron chi connectivity index (χ0n) is 16.0. The lowest BCUT2D eigenvalue weighted by molar-refractivity contribution is 0.0468. The number of para-hydroxylation sites is 2. The van der Waals surface area contributed by atoms with Gasteiger partial charge in [0.2, 0.25) is 11.9 Å². The van der Waals surface area contributed by atoms with Gasteiger partial charge in [-0.2, -0.15) is 15.0 Å². The zero-order chi connectivity index (χ0) is 20.2. The molecule has 3 N–H and O–H groups in total. The number of nitrogens with zero attached hydrogens (tertiary/aromatic N) is 3. The molecule has 2 aromatic heterocycles. The Morgan fingerprint density at radius 3 is 2.86 bits per heavy atom. The van der Waals surface area contributed by atoms with E-state index in [4.69, 9.17) is 15.2 Å². The maximum Gasteiger partial charge on any atom is 0.348 e. The van der Waals surface area contributed by atoms with Crippen molar-refractivity contribution in [3.05, 3.63) is 51.5 Å². The number of methoxy groups -OCH3 is 1. The fourth-order valence-electron chi connectivity index (χ4n) is 3.22. The number of hydrogen-bond donors (Lipinski definition) is 2. The molecule has 1 aromatic carbocycles. The number of nitrogen functional groups attached to an aromatic ring is 1. The monoisotopic (exact) mass is 411 g/mol. The third kappa shape index (κ3) is 4.45. The van der Waals surface area contributed by atoms with Gasteiger partial charge in [-0.1, -0.05) is 12.1 Å². The number of fused-ring (bicyclic) bond motifs is 1. The summed E-state index contributed by atoms with van der Waals surface area (Å²) in [4.78, 5) is 26.8. The largest absolute Gasteiger partial charge is 0.495 e. The van der Waals surface area contributed by atoms with E-state index in [2.05, 4.69) is 20.3 Å². The molecule has 3 aromatic rings. The van der Waals surface area contributed by atoms with Gasteiger partial charge in [-0.3, -0.25) is 0 Å². The van der Waals surface area contributed by atoms with Gasteiger partial charge in [0.25, 0.3) is 0 Å². The highest BCUT2D eigenvalue weighted by molar-refractivity contribution is 7.14. The molecule has 4 rings (SSSR count). The van der Waals surface area contributed by atoms with Crippen LogP contribution in [0.5, 0.6) is 5.75 Å². The molecule has 0 atom stereocenters. The van der Waals surface area contributed by atoms with E-state index in [9.17, 15) is 4.79 Å². The van der Waals surface area contributed by atoms with Gasteiger partial charge in [0.15, 0.2) is 12.4 Å². The lowest BCUT2D eigenvalue weighted by atomic mass is 9.99. The van der Waals surface area contributed by atoms with Crippen molar-refractivity contribution in [3.8, 4) is 5.75 Å². The van der Waals surface area contributed by atoms with E-state index in [0.717, 1.165) is 12.8 Å². The highest BCUT2D eigenvalue weighted by Crippen LogP contribution is 2.30. The molecule has 0 fully saturated rings. The van der Waals surface area contributed by atoms with E-state index in [0.29, 0.717) is 16.3 Å². The van der Waals surface area contributed by atoms with Crippen molar-refractivity contribution in [3.63, 3.8) is 0 Å². The van der Waals surface area contributed by atoms with Crippen LogP contribution in [0.3, 0.4) is 0 Å². The summed E-state index contributed by atoms with van der Waals surface area (Å²) in [5.74, 6) is 0.822. The first kappa shape index (κ1) is 19.1. The number of benzene rings is 1. The smallest absolute Gasteiger partial charge is 0.348 e. The predicted molar refractivity (Wildman–Crippen MR) is 111 cm³/mol. The summed E-state index contributed by atoms with van der Waals surface area (Å²) in [6, 6.07) is 9.31. The van der Waals surface area contributed by atoms with Crippen molar-refractivity contribution in [2.45, 2.75) is 32.3 Å². The number of esters is 1. The third-order valence-corrected chi connectivity index (χ3v) is 5.80. The van der Waals surface area contributed by atoms with Crippen LogP contribution in [0, 0.1) is 0 Å². The quantitative estimate of drug-likeness (QED) is 0.593. The number of hydrogen-bond acceptors (Lipinski definition) is 9. The minimum Gasteiger partial charge on any atom is -0.495 e. The second-order valence-corrected chi connectivity index (χ2v) is 7.74. The molecule has 0 spiro atoms. The Hall–Kier alpha value is -3.20. The van der Waals surface area contributed by atoms with E-state index < -0.39 is 0 Å². The Balaban J connectivity index is 1.45. The summed E-state index contributed by atoms with van der Waals surface area (Å²) in [7, 11) is 1.58. The van der Waals surface area contributed by atoms with Crippen LogP contribution in [0.2, 0.25) is 0 Å². The first-order chi connectivity index (χ1) is 14.1. The van der Waals surface area contributed by atoms with E-state index in [1.54, 1.807) is 7.11 Å². The van der Waals surface area contributed by atoms with Crippen LogP contribution in [0.4, 0.5) is 17.6 Å². The van der Waals surface area contributed by atoms with Crippen LogP contribution in [0.1, 0.15) is 38.8 Å². The number of thiophene rings is 1. The van der Waals surface area contributed by atoms with E-state index in [-0.39, 0.29) is 30.3 Å². The molecular formula is C20H21N5O3S. The Kier molecular flexibility index (Phi) is 5.57. The molecule has 0 unspecified atom stereocenters. The van der Waals surface area contributed by atoms with Crippen LogP contribution < -0.4 is 15.8 Å². The highest BCUT2D eigenvalue weighted by atomic mass is 32.1. The normalized spacial score (nSPS) is 12.9. The molecule has 0 saturated heterocycles. The second-order valence-electron chi connectivity index (χ2n) is 6.60. The van der Waals surface area contributed by atoms with Crippen molar-refractivity contribution in [2.24, 2.45) is 0 Å². The first-order valence-corrected chi connectivity index (χ1v) is 10.1. The Bertz CT molecular complexity index is 1010. The highest BCUT2D eigenvalue weighted by Gasteiger charge is 2.19. The first-order valence-electron chi connectivity index (χ1n) is 9.31. The van der Waals surface area contributed by atoms with Gasteiger partial charge in [0, 0.05) is 4.88 Å². The number of anilines is 3. The number of nitrogens with one attached hydrogen (secondary N) is 1. The van der Waals surface area contributed by atoms with Crippen molar-refractivity contribution < 1.29 is 14.3 Å². The van der Waals surface area contributed by atoms with Crippen molar-refractivity contribution in [1.82, 2.24) is 15.0 Å². The molecule has 0 radical (unpaired) electrons.